The molecule has 1 aliphatic rings. The van der Waals surface area contributed by atoms with E-state index in [-0.39, 0.29) is 19.8 Å². The van der Waals surface area contributed by atoms with E-state index in [1.54, 1.807) is 18.2 Å². The molecule has 7 heteroatoms. The molecule has 7 nitrogen and oxygen atoms in total. The molecule has 0 radical (unpaired) electrons. The standard InChI is InChI=1S/C20H21NO6/c22-19(21-10-11-25-13-16(21)20(23)24)14-27-18-9-5-4-8-17(18)26-12-15-6-2-1-3-7-15/h1-9,16H,10-14H2,(H,23,24). The molecule has 1 heterocycles. The van der Waals surface area contributed by atoms with Crippen molar-refractivity contribution >= 4 is 11.9 Å². The quantitative estimate of drug-likeness (QED) is 0.801. The Morgan fingerprint density at radius 2 is 1.70 bits per heavy atom. The van der Waals surface area contributed by atoms with Crippen molar-refractivity contribution in [3.8, 4) is 11.5 Å². The summed E-state index contributed by atoms with van der Waals surface area (Å²) in [6, 6.07) is 15.8. The van der Waals surface area contributed by atoms with Crippen molar-refractivity contribution in [3.05, 3.63) is 60.2 Å². The van der Waals surface area contributed by atoms with Gasteiger partial charge in [0, 0.05) is 6.54 Å². The molecular weight excluding hydrogens is 350 g/mol. The van der Waals surface area contributed by atoms with Crippen molar-refractivity contribution in [1.29, 1.82) is 0 Å². The lowest BCUT2D eigenvalue weighted by Gasteiger charge is -2.32. The Hall–Kier alpha value is -3.06. The van der Waals surface area contributed by atoms with Crippen LogP contribution in [0.4, 0.5) is 0 Å². The number of nitrogens with zero attached hydrogens (tertiary/aromatic N) is 1. The van der Waals surface area contributed by atoms with E-state index in [0.29, 0.717) is 24.7 Å². The maximum Gasteiger partial charge on any atom is 0.328 e. The highest BCUT2D eigenvalue weighted by molar-refractivity contribution is 5.84. The van der Waals surface area contributed by atoms with E-state index in [1.165, 1.54) is 4.90 Å². The zero-order chi connectivity index (χ0) is 19.1. The maximum absolute atomic E-state index is 12.4. The summed E-state index contributed by atoms with van der Waals surface area (Å²) in [6.07, 6.45) is 0. The molecule has 1 fully saturated rings. The zero-order valence-corrected chi connectivity index (χ0v) is 14.7. The van der Waals surface area contributed by atoms with Gasteiger partial charge in [0.05, 0.1) is 13.2 Å². The number of ether oxygens (including phenoxy) is 3. The van der Waals surface area contributed by atoms with Crippen LogP contribution in [0.5, 0.6) is 11.5 Å². The molecule has 0 aliphatic carbocycles. The fourth-order valence-corrected chi connectivity index (χ4v) is 2.75. The SMILES string of the molecule is O=C(O)C1COCCN1C(=O)COc1ccccc1OCc1ccccc1. The summed E-state index contributed by atoms with van der Waals surface area (Å²) in [5, 5.41) is 9.23. The van der Waals surface area contributed by atoms with Crippen LogP contribution in [0.15, 0.2) is 54.6 Å². The Kier molecular flexibility index (Phi) is 6.27. The average Bonchev–Trinajstić information content (AvgIpc) is 2.71. The van der Waals surface area contributed by atoms with Crippen LogP contribution < -0.4 is 9.47 Å². The van der Waals surface area contributed by atoms with Gasteiger partial charge in [0.1, 0.15) is 6.61 Å². The van der Waals surface area contributed by atoms with Gasteiger partial charge in [-0.2, -0.15) is 0 Å². The topological polar surface area (TPSA) is 85.3 Å². The number of para-hydroxylation sites is 2. The summed E-state index contributed by atoms with van der Waals surface area (Å²) < 4.78 is 16.6. The first-order valence-corrected chi connectivity index (χ1v) is 8.63. The maximum atomic E-state index is 12.4. The van der Waals surface area contributed by atoms with Crippen molar-refractivity contribution < 1.29 is 28.9 Å². The first kappa shape index (κ1) is 18.7. The number of aliphatic carboxylic acids is 1. The second kappa shape index (κ2) is 9.05. The lowest BCUT2D eigenvalue weighted by atomic mass is 10.2. The summed E-state index contributed by atoms with van der Waals surface area (Å²) >= 11 is 0. The van der Waals surface area contributed by atoms with Gasteiger partial charge in [0.25, 0.3) is 5.91 Å². The first-order chi connectivity index (χ1) is 13.1. The molecular formula is C20H21NO6. The largest absolute Gasteiger partial charge is 0.485 e. The molecule has 0 saturated carbocycles. The molecule has 1 saturated heterocycles. The Labute approximate surface area is 157 Å². The Morgan fingerprint density at radius 1 is 1.04 bits per heavy atom. The fraction of sp³-hybridized carbons (Fsp3) is 0.300. The van der Waals surface area contributed by atoms with Gasteiger partial charge >= 0.3 is 5.97 Å². The van der Waals surface area contributed by atoms with Crippen LogP contribution in [-0.4, -0.2) is 54.3 Å². The van der Waals surface area contributed by atoms with Gasteiger partial charge in [-0.05, 0) is 17.7 Å². The number of amides is 1. The van der Waals surface area contributed by atoms with Crippen molar-refractivity contribution in [1.82, 2.24) is 4.90 Å². The number of benzene rings is 2. The van der Waals surface area contributed by atoms with Crippen LogP contribution in [-0.2, 0) is 20.9 Å². The van der Waals surface area contributed by atoms with E-state index >= 15 is 0 Å². The number of rotatable bonds is 7. The number of hydrogen-bond acceptors (Lipinski definition) is 5. The molecule has 0 bridgehead atoms. The van der Waals surface area contributed by atoms with E-state index in [2.05, 4.69) is 0 Å². The summed E-state index contributed by atoms with van der Waals surface area (Å²) in [7, 11) is 0. The van der Waals surface area contributed by atoms with Crippen LogP contribution in [0.3, 0.4) is 0 Å². The fourth-order valence-electron chi connectivity index (χ4n) is 2.75. The van der Waals surface area contributed by atoms with Crippen molar-refractivity contribution in [2.75, 3.05) is 26.4 Å². The average molecular weight is 371 g/mol. The van der Waals surface area contributed by atoms with Crippen molar-refractivity contribution in [3.63, 3.8) is 0 Å². The molecule has 1 unspecified atom stereocenters. The van der Waals surface area contributed by atoms with Crippen LogP contribution in [0, 0.1) is 0 Å². The summed E-state index contributed by atoms with van der Waals surface area (Å²) in [6.45, 7) is 0.630. The van der Waals surface area contributed by atoms with Gasteiger partial charge in [-0.15, -0.1) is 0 Å². The Balaban J connectivity index is 1.60. The lowest BCUT2D eigenvalue weighted by Crippen LogP contribution is -2.53. The number of carbonyl (C=O) groups excluding carboxylic acids is 1. The van der Waals surface area contributed by atoms with Crippen LogP contribution in [0.25, 0.3) is 0 Å². The highest BCUT2D eigenvalue weighted by atomic mass is 16.5. The monoisotopic (exact) mass is 371 g/mol. The Morgan fingerprint density at radius 3 is 2.41 bits per heavy atom. The summed E-state index contributed by atoms with van der Waals surface area (Å²) in [4.78, 5) is 25.0. The zero-order valence-electron chi connectivity index (χ0n) is 14.7. The third-order valence-electron chi connectivity index (χ3n) is 4.17. The molecule has 2 aromatic carbocycles. The van der Waals surface area contributed by atoms with E-state index in [0.717, 1.165) is 5.56 Å². The second-order valence-corrected chi connectivity index (χ2v) is 6.03. The predicted octanol–water partition coefficient (Wildman–Crippen LogP) is 1.96. The predicted molar refractivity (Wildman–Crippen MR) is 96.7 cm³/mol. The highest BCUT2D eigenvalue weighted by Crippen LogP contribution is 2.27. The van der Waals surface area contributed by atoms with E-state index in [1.807, 2.05) is 36.4 Å². The van der Waals surface area contributed by atoms with Gasteiger partial charge in [-0.25, -0.2) is 4.79 Å². The van der Waals surface area contributed by atoms with Gasteiger partial charge in [0.15, 0.2) is 24.1 Å². The molecule has 1 amide bonds. The van der Waals surface area contributed by atoms with E-state index in [9.17, 15) is 14.7 Å². The van der Waals surface area contributed by atoms with Crippen LogP contribution in [0.2, 0.25) is 0 Å². The number of morpholine rings is 1. The van der Waals surface area contributed by atoms with Crippen molar-refractivity contribution in [2.24, 2.45) is 0 Å². The van der Waals surface area contributed by atoms with Crippen molar-refractivity contribution in [2.45, 2.75) is 12.6 Å². The highest BCUT2D eigenvalue weighted by Gasteiger charge is 2.32. The minimum Gasteiger partial charge on any atom is -0.485 e. The van der Waals surface area contributed by atoms with Gasteiger partial charge in [-0.3, -0.25) is 4.79 Å². The first-order valence-electron chi connectivity index (χ1n) is 8.63. The normalized spacial score (nSPS) is 16.6. The Bertz CT molecular complexity index is 779. The summed E-state index contributed by atoms with van der Waals surface area (Å²) in [5.41, 5.74) is 1.01. The molecule has 3 rings (SSSR count). The number of hydrogen-bond donors (Lipinski definition) is 1. The minimum atomic E-state index is -1.09. The minimum absolute atomic E-state index is 0.0160. The van der Waals surface area contributed by atoms with Crippen LogP contribution >= 0.6 is 0 Å². The molecule has 2 aromatic rings. The van der Waals surface area contributed by atoms with Gasteiger partial charge < -0.3 is 24.2 Å². The number of carbonyl (C=O) groups is 2. The van der Waals surface area contributed by atoms with E-state index < -0.39 is 17.9 Å². The molecule has 1 N–H and O–H groups in total. The number of carboxylic acids is 1. The molecule has 27 heavy (non-hydrogen) atoms. The van der Waals surface area contributed by atoms with Gasteiger partial charge in [0.2, 0.25) is 0 Å². The van der Waals surface area contributed by atoms with Gasteiger partial charge in [-0.1, -0.05) is 42.5 Å². The lowest BCUT2D eigenvalue weighted by molar-refractivity contribution is -0.159. The third-order valence-corrected chi connectivity index (χ3v) is 4.17. The number of carboxylic acid groups (broad SMARTS) is 1. The summed E-state index contributed by atoms with van der Waals surface area (Å²) in [5.74, 6) is -0.536. The third kappa shape index (κ3) is 4.98. The molecule has 0 aromatic heterocycles. The van der Waals surface area contributed by atoms with E-state index in [4.69, 9.17) is 14.2 Å². The molecule has 1 aliphatic heterocycles. The second-order valence-electron chi connectivity index (χ2n) is 6.03. The molecule has 1 atom stereocenters. The van der Waals surface area contributed by atoms with Crippen LogP contribution in [0.1, 0.15) is 5.56 Å². The molecule has 142 valence electrons. The molecule has 0 spiro atoms. The smallest absolute Gasteiger partial charge is 0.328 e.